The summed E-state index contributed by atoms with van der Waals surface area (Å²) in [5.41, 5.74) is -1.65. The standard InChI is InChI=1S/C38H42N2O4/c1-35(2,3)33(41)43-37(31-23-15-9-16-24-31,27-29-19-11-7-12-20-29)39-40-38(32-25-17-10-18-26-32,44-34(42)36(4,5)6)28-30-21-13-8-14-22-30/h7-26H,27-28H2,1-6H3/b40-39+. The van der Waals surface area contributed by atoms with Gasteiger partial charge in [0.15, 0.2) is 0 Å². The largest absolute Gasteiger partial charge is 0.430 e. The molecule has 0 fully saturated rings. The van der Waals surface area contributed by atoms with Crippen LogP contribution in [0.15, 0.2) is 132 Å². The molecule has 44 heavy (non-hydrogen) atoms. The van der Waals surface area contributed by atoms with Crippen molar-refractivity contribution in [1.82, 2.24) is 0 Å². The molecule has 0 aliphatic heterocycles. The van der Waals surface area contributed by atoms with Crippen molar-refractivity contribution in [2.75, 3.05) is 0 Å². The van der Waals surface area contributed by atoms with Gasteiger partial charge in [0.25, 0.3) is 11.4 Å². The molecule has 0 aliphatic carbocycles. The molecule has 4 aromatic rings. The maximum absolute atomic E-state index is 13.6. The summed E-state index contributed by atoms with van der Waals surface area (Å²) in [4.78, 5) is 27.3. The fourth-order valence-corrected chi connectivity index (χ4v) is 4.54. The van der Waals surface area contributed by atoms with Crippen molar-refractivity contribution in [3.05, 3.63) is 144 Å². The fourth-order valence-electron chi connectivity index (χ4n) is 4.54. The van der Waals surface area contributed by atoms with E-state index in [-0.39, 0.29) is 12.8 Å². The van der Waals surface area contributed by atoms with E-state index in [2.05, 4.69) is 0 Å². The second-order valence-electron chi connectivity index (χ2n) is 13.1. The first kappa shape index (κ1) is 32.3. The first-order valence-corrected chi connectivity index (χ1v) is 14.9. The molecule has 6 heteroatoms. The minimum atomic E-state index is -1.56. The van der Waals surface area contributed by atoms with Gasteiger partial charge in [-0.25, -0.2) is 0 Å². The number of ether oxygens (including phenoxy) is 2. The van der Waals surface area contributed by atoms with E-state index in [4.69, 9.17) is 19.7 Å². The van der Waals surface area contributed by atoms with Gasteiger partial charge in [-0.1, -0.05) is 121 Å². The smallest absolute Gasteiger partial charge is 0.313 e. The van der Waals surface area contributed by atoms with Crippen LogP contribution in [0.25, 0.3) is 0 Å². The van der Waals surface area contributed by atoms with Crippen LogP contribution < -0.4 is 0 Å². The lowest BCUT2D eigenvalue weighted by molar-refractivity contribution is -0.177. The summed E-state index contributed by atoms with van der Waals surface area (Å²) in [5.74, 6) is -0.868. The van der Waals surface area contributed by atoms with Gasteiger partial charge >= 0.3 is 11.9 Å². The van der Waals surface area contributed by atoms with Crippen molar-refractivity contribution < 1.29 is 19.1 Å². The molecule has 0 saturated carbocycles. The predicted octanol–water partition coefficient (Wildman–Crippen LogP) is 8.81. The summed E-state index contributed by atoms with van der Waals surface area (Å²) in [6.07, 6.45) is 0.430. The van der Waals surface area contributed by atoms with Crippen molar-refractivity contribution >= 4 is 11.9 Å². The highest BCUT2D eigenvalue weighted by Crippen LogP contribution is 2.40. The Morgan fingerprint density at radius 3 is 1.02 bits per heavy atom. The van der Waals surface area contributed by atoms with Gasteiger partial charge in [-0.3, -0.25) is 9.59 Å². The van der Waals surface area contributed by atoms with E-state index >= 15 is 0 Å². The van der Waals surface area contributed by atoms with Gasteiger partial charge in [-0.2, -0.15) is 0 Å². The van der Waals surface area contributed by atoms with Crippen molar-refractivity contribution in [2.45, 2.75) is 65.8 Å². The van der Waals surface area contributed by atoms with Crippen LogP contribution in [-0.2, 0) is 43.4 Å². The van der Waals surface area contributed by atoms with Crippen molar-refractivity contribution in [2.24, 2.45) is 21.1 Å². The lowest BCUT2D eigenvalue weighted by Gasteiger charge is -2.35. The van der Waals surface area contributed by atoms with Crippen LogP contribution in [0.2, 0.25) is 0 Å². The van der Waals surface area contributed by atoms with E-state index in [1.54, 1.807) is 41.5 Å². The van der Waals surface area contributed by atoms with Crippen molar-refractivity contribution in [3.63, 3.8) is 0 Å². The summed E-state index contributed by atoms with van der Waals surface area (Å²) in [5, 5.41) is 9.92. The van der Waals surface area contributed by atoms with Gasteiger partial charge in [0.05, 0.1) is 10.8 Å². The molecule has 4 rings (SSSR count). The zero-order valence-electron chi connectivity index (χ0n) is 26.5. The number of carbonyl (C=O) groups excluding carboxylic acids is 2. The number of hydrogen-bond donors (Lipinski definition) is 0. The molecule has 0 aliphatic rings. The first-order valence-electron chi connectivity index (χ1n) is 14.9. The Morgan fingerprint density at radius 1 is 0.477 bits per heavy atom. The Hall–Kier alpha value is -4.58. The Morgan fingerprint density at radius 2 is 0.750 bits per heavy atom. The molecule has 0 spiro atoms. The maximum atomic E-state index is 13.6. The predicted molar refractivity (Wildman–Crippen MR) is 172 cm³/mol. The number of rotatable bonds is 10. The molecule has 0 heterocycles. The number of hydrogen-bond acceptors (Lipinski definition) is 6. The average molecular weight is 591 g/mol. The minimum Gasteiger partial charge on any atom is -0.430 e. The molecule has 0 amide bonds. The highest BCUT2D eigenvalue weighted by molar-refractivity contribution is 5.76. The van der Waals surface area contributed by atoms with E-state index in [1.807, 2.05) is 121 Å². The zero-order chi connectivity index (χ0) is 31.8. The van der Waals surface area contributed by atoms with Crippen LogP contribution >= 0.6 is 0 Å². The Bertz CT molecular complexity index is 1420. The third-order valence-electron chi connectivity index (χ3n) is 7.14. The molecule has 0 aromatic heterocycles. The lowest BCUT2D eigenvalue weighted by atomic mass is 9.92. The average Bonchev–Trinajstić information content (AvgIpc) is 3.00. The van der Waals surface area contributed by atoms with E-state index in [0.717, 1.165) is 11.1 Å². The second kappa shape index (κ2) is 13.4. The third-order valence-corrected chi connectivity index (χ3v) is 7.14. The molecule has 228 valence electrons. The van der Waals surface area contributed by atoms with E-state index in [1.165, 1.54) is 0 Å². The molecule has 2 atom stereocenters. The summed E-state index contributed by atoms with van der Waals surface area (Å²) in [7, 11) is 0. The summed E-state index contributed by atoms with van der Waals surface area (Å²) in [6, 6.07) is 38.3. The van der Waals surface area contributed by atoms with Gasteiger partial charge < -0.3 is 9.47 Å². The monoisotopic (exact) mass is 590 g/mol. The van der Waals surface area contributed by atoms with Crippen LogP contribution in [0.4, 0.5) is 0 Å². The van der Waals surface area contributed by atoms with E-state index in [0.29, 0.717) is 11.1 Å². The van der Waals surface area contributed by atoms with Crippen LogP contribution in [0.5, 0.6) is 0 Å². The summed E-state index contributed by atoms with van der Waals surface area (Å²) < 4.78 is 12.8. The molecular formula is C38H42N2O4. The normalized spacial score (nSPS) is 14.8. The van der Waals surface area contributed by atoms with Crippen LogP contribution in [0.3, 0.4) is 0 Å². The number of azo groups is 1. The molecule has 0 saturated heterocycles. The Balaban J connectivity index is 2.00. The van der Waals surface area contributed by atoms with Crippen molar-refractivity contribution in [1.29, 1.82) is 0 Å². The fraction of sp³-hybridized carbons (Fsp3) is 0.316. The molecule has 0 N–H and O–H groups in total. The Kier molecular flexibility index (Phi) is 9.83. The molecular weight excluding hydrogens is 548 g/mol. The topological polar surface area (TPSA) is 77.3 Å². The van der Waals surface area contributed by atoms with E-state index < -0.39 is 34.2 Å². The zero-order valence-corrected chi connectivity index (χ0v) is 26.5. The van der Waals surface area contributed by atoms with Gasteiger partial charge in [0.2, 0.25) is 0 Å². The second-order valence-corrected chi connectivity index (χ2v) is 13.1. The van der Waals surface area contributed by atoms with Gasteiger partial charge in [-0.15, -0.1) is 10.2 Å². The number of esters is 2. The number of benzene rings is 4. The third kappa shape index (κ3) is 8.07. The highest BCUT2D eigenvalue weighted by atomic mass is 16.6. The summed E-state index contributed by atoms with van der Waals surface area (Å²) in [6.45, 7) is 10.8. The van der Waals surface area contributed by atoms with Crippen LogP contribution in [0, 0.1) is 10.8 Å². The molecule has 0 bridgehead atoms. The molecule has 0 radical (unpaired) electrons. The lowest BCUT2D eigenvalue weighted by Crippen LogP contribution is -2.40. The van der Waals surface area contributed by atoms with Crippen molar-refractivity contribution in [3.8, 4) is 0 Å². The van der Waals surface area contributed by atoms with Crippen LogP contribution in [-0.4, -0.2) is 11.9 Å². The summed E-state index contributed by atoms with van der Waals surface area (Å²) >= 11 is 0. The minimum absolute atomic E-state index is 0.215. The number of carbonyl (C=O) groups is 2. The van der Waals surface area contributed by atoms with Gasteiger partial charge in [-0.05, 0) is 52.7 Å². The molecule has 4 aromatic carbocycles. The molecule has 6 nitrogen and oxygen atoms in total. The van der Waals surface area contributed by atoms with E-state index in [9.17, 15) is 9.59 Å². The SMILES string of the molecule is CC(C)(C)C(=O)OC(Cc1ccccc1)(/N=N/C(Cc1ccccc1)(OC(=O)C(C)(C)C)c1ccccc1)c1ccccc1. The molecule has 2 unspecified atom stereocenters. The van der Waals surface area contributed by atoms with Gasteiger partial charge in [0, 0.05) is 24.0 Å². The first-order chi connectivity index (χ1) is 20.8. The number of nitrogens with zero attached hydrogens (tertiary/aromatic N) is 2. The highest BCUT2D eigenvalue weighted by Gasteiger charge is 2.44. The van der Waals surface area contributed by atoms with Gasteiger partial charge in [0.1, 0.15) is 0 Å². The quantitative estimate of drug-likeness (QED) is 0.137. The maximum Gasteiger partial charge on any atom is 0.313 e. The van der Waals surface area contributed by atoms with Crippen LogP contribution in [0.1, 0.15) is 63.8 Å². The Labute approximate surface area is 261 Å².